The average Bonchev–Trinajstić information content (AvgIpc) is 2.78. The van der Waals surface area contributed by atoms with E-state index in [4.69, 9.17) is 0 Å². The van der Waals surface area contributed by atoms with Gasteiger partial charge in [-0.05, 0) is 44.1 Å². The summed E-state index contributed by atoms with van der Waals surface area (Å²) < 4.78 is 0. The highest BCUT2D eigenvalue weighted by molar-refractivity contribution is 9.09. The number of aliphatic hydroxyl groups excluding tert-OH is 1. The molecule has 108 valence electrons. The van der Waals surface area contributed by atoms with Gasteiger partial charge in [0.1, 0.15) is 0 Å². The van der Waals surface area contributed by atoms with Gasteiger partial charge in [0.2, 0.25) is 0 Å². The number of hydrogen-bond donors (Lipinski definition) is 1. The van der Waals surface area contributed by atoms with Crippen LogP contribution in [0.1, 0.15) is 52.9 Å². The maximum absolute atomic E-state index is 9.70. The largest absolute Gasteiger partial charge is 0.393 e. The van der Waals surface area contributed by atoms with Gasteiger partial charge in [0.05, 0.1) is 6.10 Å². The molecule has 0 spiro atoms. The minimum Gasteiger partial charge on any atom is -0.393 e. The number of halogens is 1. The predicted molar refractivity (Wildman–Crippen MR) is 82.3 cm³/mol. The third-order valence-electron chi connectivity index (χ3n) is 4.39. The topological polar surface area (TPSA) is 23.5 Å². The van der Waals surface area contributed by atoms with Crippen molar-refractivity contribution in [1.82, 2.24) is 4.90 Å². The molecule has 1 aliphatic heterocycles. The Bertz CT molecular complexity index is 227. The van der Waals surface area contributed by atoms with Gasteiger partial charge in [-0.25, -0.2) is 0 Å². The minimum absolute atomic E-state index is 0.147. The first-order valence-corrected chi connectivity index (χ1v) is 8.65. The van der Waals surface area contributed by atoms with Crippen molar-refractivity contribution in [2.45, 2.75) is 59.0 Å². The van der Waals surface area contributed by atoms with E-state index in [0.29, 0.717) is 11.3 Å². The summed E-state index contributed by atoms with van der Waals surface area (Å²) in [4.78, 5) is 2.57. The van der Waals surface area contributed by atoms with Crippen LogP contribution in [0.4, 0.5) is 0 Å². The van der Waals surface area contributed by atoms with Crippen LogP contribution < -0.4 is 0 Å². The van der Waals surface area contributed by atoms with Crippen molar-refractivity contribution in [1.29, 1.82) is 0 Å². The normalized spacial score (nSPS) is 23.5. The Morgan fingerprint density at radius 2 is 1.94 bits per heavy atom. The van der Waals surface area contributed by atoms with Crippen molar-refractivity contribution in [3.8, 4) is 0 Å². The molecule has 1 rings (SSSR count). The molecule has 2 atom stereocenters. The zero-order chi connectivity index (χ0) is 13.6. The lowest BCUT2D eigenvalue weighted by molar-refractivity contribution is 0.116. The molecule has 1 heterocycles. The molecule has 0 aromatic heterocycles. The summed E-state index contributed by atoms with van der Waals surface area (Å²) in [5.41, 5.74) is 0.442. The molecule has 1 N–H and O–H groups in total. The smallest absolute Gasteiger partial charge is 0.0552 e. The van der Waals surface area contributed by atoms with Crippen LogP contribution in [-0.4, -0.2) is 41.1 Å². The van der Waals surface area contributed by atoms with Gasteiger partial charge in [-0.1, -0.05) is 42.6 Å². The number of likely N-dealkylation sites (tertiary alicyclic amines) is 1. The fraction of sp³-hybridized carbons (Fsp3) is 1.00. The van der Waals surface area contributed by atoms with Gasteiger partial charge in [-0.3, -0.25) is 0 Å². The highest BCUT2D eigenvalue weighted by Gasteiger charge is 2.33. The van der Waals surface area contributed by atoms with E-state index >= 15 is 0 Å². The summed E-state index contributed by atoms with van der Waals surface area (Å²) >= 11 is 3.75. The molecule has 1 fully saturated rings. The number of aliphatic hydroxyl groups is 1. The molecule has 2 nitrogen and oxygen atoms in total. The van der Waals surface area contributed by atoms with Crippen LogP contribution in [0.25, 0.3) is 0 Å². The Morgan fingerprint density at radius 1 is 1.33 bits per heavy atom. The van der Waals surface area contributed by atoms with Crippen molar-refractivity contribution in [3.05, 3.63) is 0 Å². The van der Waals surface area contributed by atoms with E-state index in [1.54, 1.807) is 0 Å². The Hall–Kier alpha value is 0.400. The molecule has 2 unspecified atom stereocenters. The van der Waals surface area contributed by atoms with Crippen molar-refractivity contribution in [2.75, 3.05) is 25.0 Å². The molecule has 0 saturated carbocycles. The maximum Gasteiger partial charge on any atom is 0.0552 e. The molecular weight excluding hydrogens is 290 g/mol. The third kappa shape index (κ3) is 4.50. The molecule has 0 aromatic carbocycles. The highest BCUT2D eigenvalue weighted by Crippen LogP contribution is 2.35. The third-order valence-corrected chi connectivity index (χ3v) is 5.58. The zero-order valence-electron chi connectivity index (χ0n) is 12.3. The van der Waals surface area contributed by atoms with Gasteiger partial charge in [0, 0.05) is 18.4 Å². The molecule has 3 heteroatoms. The van der Waals surface area contributed by atoms with Crippen LogP contribution >= 0.6 is 15.9 Å². The monoisotopic (exact) mass is 319 g/mol. The number of rotatable bonds is 8. The van der Waals surface area contributed by atoms with E-state index in [2.05, 4.69) is 34.7 Å². The van der Waals surface area contributed by atoms with Gasteiger partial charge < -0.3 is 10.0 Å². The van der Waals surface area contributed by atoms with Gasteiger partial charge >= 0.3 is 0 Å². The average molecular weight is 320 g/mol. The van der Waals surface area contributed by atoms with Crippen molar-refractivity contribution in [3.63, 3.8) is 0 Å². The first kappa shape index (κ1) is 16.5. The Labute approximate surface area is 121 Å². The quantitative estimate of drug-likeness (QED) is 0.690. The van der Waals surface area contributed by atoms with Crippen molar-refractivity contribution < 1.29 is 5.11 Å². The van der Waals surface area contributed by atoms with Crippen molar-refractivity contribution in [2.24, 2.45) is 11.3 Å². The summed E-state index contributed by atoms with van der Waals surface area (Å²) in [6.45, 7) is 9.95. The van der Waals surface area contributed by atoms with E-state index in [0.717, 1.165) is 24.8 Å². The van der Waals surface area contributed by atoms with Crippen LogP contribution in [0.2, 0.25) is 0 Å². The molecular formula is C15H30BrNO. The standard InChI is InChI=1S/C15H30BrNO/c1-4-7-15(11-16,8-5-2)12-17-9-6-14(10-17)13(3)18/h13-14,18H,4-12H2,1-3H3. The van der Waals surface area contributed by atoms with E-state index in [9.17, 15) is 5.11 Å². The molecule has 0 aliphatic carbocycles. The lowest BCUT2D eigenvalue weighted by atomic mass is 9.80. The Balaban J connectivity index is 2.55. The second kappa shape index (κ2) is 7.86. The van der Waals surface area contributed by atoms with Crippen LogP contribution in [0.15, 0.2) is 0 Å². The molecule has 1 saturated heterocycles. The van der Waals surface area contributed by atoms with Gasteiger partial charge in [-0.2, -0.15) is 0 Å². The van der Waals surface area contributed by atoms with Crippen LogP contribution in [-0.2, 0) is 0 Å². The highest BCUT2D eigenvalue weighted by atomic mass is 79.9. The number of nitrogens with zero attached hydrogens (tertiary/aromatic N) is 1. The summed E-state index contributed by atoms with van der Waals surface area (Å²) in [5, 5.41) is 10.8. The lowest BCUT2D eigenvalue weighted by Gasteiger charge is -2.36. The summed E-state index contributed by atoms with van der Waals surface area (Å²) in [6, 6.07) is 0. The van der Waals surface area contributed by atoms with Gasteiger partial charge in [0.25, 0.3) is 0 Å². The molecule has 18 heavy (non-hydrogen) atoms. The van der Waals surface area contributed by atoms with Crippen LogP contribution in [0.5, 0.6) is 0 Å². The first-order chi connectivity index (χ1) is 8.56. The SMILES string of the molecule is CCCC(CBr)(CCC)CN1CCC(C(C)O)C1. The summed E-state index contributed by atoms with van der Waals surface area (Å²) in [6.07, 6.45) is 6.15. The zero-order valence-corrected chi connectivity index (χ0v) is 13.9. The van der Waals surface area contributed by atoms with E-state index in [1.807, 2.05) is 6.92 Å². The maximum atomic E-state index is 9.70. The van der Waals surface area contributed by atoms with Crippen molar-refractivity contribution >= 4 is 15.9 Å². The van der Waals surface area contributed by atoms with Crippen LogP contribution in [0.3, 0.4) is 0 Å². The lowest BCUT2D eigenvalue weighted by Crippen LogP contribution is -2.38. The Kier molecular flexibility index (Phi) is 7.19. The molecule has 0 radical (unpaired) electrons. The molecule has 0 aromatic rings. The molecule has 0 bridgehead atoms. The fourth-order valence-corrected chi connectivity index (χ4v) is 4.13. The first-order valence-electron chi connectivity index (χ1n) is 7.53. The second-order valence-corrected chi connectivity index (χ2v) is 6.72. The predicted octanol–water partition coefficient (Wildman–Crippen LogP) is 3.67. The second-order valence-electron chi connectivity index (χ2n) is 6.16. The Morgan fingerprint density at radius 3 is 2.33 bits per heavy atom. The van der Waals surface area contributed by atoms with E-state index in [1.165, 1.54) is 32.2 Å². The molecule has 1 aliphatic rings. The fourth-order valence-electron chi connectivity index (χ4n) is 3.39. The number of alkyl halides is 1. The summed E-state index contributed by atoms with van der Waals surface area (Å²) in [5.74, 6) is 0.487. The van der Waals surface area contributed by atoms with Gasteiger partial charge in [0.15, 0.2) is 0 Å². The van der Waals surface area contributed by atoms with Crippen LogP contribution in [0, 0.1) is 11.3 Å². The minimum atomic E-state index is -0.147. The van der Waals surface area contributed by atoms with Gasteiger partial charge in [-0.15, -0.1) is 0 Å². The van der Waals surface area contributed by atoms with E-state index in [-0.39, 0.29) is 6.10 Å². The molecule has 0 amide bonds. The van der Waals surface area contributed by atoms with E-state index < -0.39 is 0 Å². The summed E-state index contributed by atoms with van der Waals surface area (Å²) in [7, 11) is 0. The number of hydrogen-bond acceptors (Lipinski definition) is 2.